The SMILES string of the molecule is COc1ccccc1CCNS(=O)(=O)c1cc(N2C(=O)CCS2(=O)=O)ccc1OC. The number of ether oxygens (including phenoxy) is 2. The second kappa shape index (κ2) is 8.62. The number of carbonyl (C=O) groups excluding carboxylic acids is 1. The van der Waals surface area contributed by atoms with Gasteiger partial charge >= 0.3 is 0 Å². The van der Waals surface area contributed by atoms with E-state index in [1.807, 2.05) is 18.2 Å². The lowest BCUT2D eigenvalue weighted by Gasteiger charge is -2.18. The molecule has 0 unspecified atom stereocenters. The first-order valence-corrected chi connectivity index (χ1v) is 12.1. The Kier molecular flexibility index (Phi) is 6.34. The molecule has 0 aromatic heterocycles. The average molecular weight is 455 g/mol. The third kappa shape index (κ3) is 4.42. The average Bonchev–Trinajstić information content (AvgIpc) is 3.00. The van der Waals surface area contributed by atoms with E-state index in [2.05, 4.69) is 4.72 Å². The van der Waals surface area contributed by atoms with Crippen molar-refractivity contribution in [3.63, 3.8) is 0 Å². The molecular formula is C19H22N2O7S2. The highest BCUT2D eigenvalue weighted by molar-refractivity contribution is 7.94. The van der Waals surface area contributed by atoms with Crippen LogP contribution in [0.1, 0.15) is 12.0 Å². The molecule has 0 spiro atoms. The van der Waals surface area contributed by atoms with E-state index < -0.39 is 26.0 Å². The van der Waals surface area contributed by atoms with Crippen molar-refractivity contribution in [3.8, 4) is 11.5 Å². The van der Waals surface area contributed by atoms with E-state index in [0.29, 0.717) is 16.5 Å². The van der Waals surface area contributed by atoms with Crippen LogP contribution in [0, 0.1) is 0 Å². The van der Waals surface area contributed by atoms with Crippen LogP contribution in [0.2, 0.25) is 0 Å². The van der Waals surface area contributed by atoms with Crippen molar-refractivity contribution < 1.29 is 31.1 Å². The van der Waals surface area contributed by atoms with Gasteiger partial charge in [0, 0.05) is 13.0 Å². The van der Waals surface area contributed by atoms with Gasteiger partial charge in [-0.1, -0.05) is 18.2 Å². The highest BCUT2D eigenvalue weighted by atomic mass is 32.2. The molecule has 30 heavy (non-hydrogen) atoms. The lowest BCUT2D eigenvalue weighted by atomic mass is 10.1. The van der Waals surface area contributed by atoms with E-state index in [1.165, 1.54) is 26.4 Å². The maximum atomic E-state index is 12.9. The molecule has 0 aliphatic carbocycles. The van der Waals surface area contributed by atoms with Crippen molar-refractivity contribution in [2.45, 2.75) is 17.7 Å². The second-order valence-corrected chi connectivity index (χ2v) is 10.2. The molecule has 1 saturated heterocycles. The summed E-state index contributed by atoms with van der Waals surface area (Å²) >= 11 is 0. The van der Waals surface area contributed by atoms with Gasteiger partial charge in [0.05, 0.1) is 25.7 Å². The summed E-state index contributed by atoms with van der Waals surface area (Å²) in [5, 5.41) is 0. The van der Waals surface area contributed by atoms with Gasteiger partial charge in [-0.3, -0.25) is 4.79 Å². The highest BCUT2D eigenvalue weighted by Gasteiger charge is 2.37. The Morgan fingerprint density at radius 3 is 2.40 bits per heavy atom. The molecule has 1 N–H and O–H groups in total. The van der Waals surface area contributed by atoms with Crippen LogP contribution in [0.15, 0.2) is 47.4 Å². The van der Waals surface area contributed by atoms with Crippen LogP contribution in [0.25, 0.3) is 0 Å². The maximum absolute atomic E-state index is 12.9. The van der Waals surface area contributed by atoms with E-state index in [4.69, 9.17) is 9.47 Å². The summed E-state index contributed by atoms with van der Waals surface area (Å²) in [5.41, 5.74) is 0.792. The van der Waals surface area contributed by atoms with E-state index in [-0.39, 0.29) is 35.1 Å². The van der Waals surface area contributed by atoms with Gasteiger partial charge in [-0.15, -0.1) is 0 Å². The quantitative estimate of drug-likeness (QED) is 0.638. The number of para-hydroxylation sites is 1. The zero-order valence-corrected chi connectivity index (χ0v) is 18.1. The Bertz CT molecular complexity index is 1160. The summed E-state index contributed by atoms with van der Waals surface area (Å²) in [7, 11) is -5.03. The smallest absolute Gasteiger partial charge is 0.244 e. The molecule has 1 amide bonds. The van der Waals surface area contributed by atoms with Crippen LogP contribution in [0.3, 0.4) is 0 Å². The highest BCUT2D eigenvalue weighted by Crippen LogP contribution is 2.32. The summed E-state index contributed by atoms with van der Waals surface area (Å²) in [5.74, 6) is -0.230. The zero-order chi connectivity index (χ0) is 21.9. The van der Waals surface area contributed by atoms with Crippen LogP contribution >= 0.6 is 0 Å². The van der Waals surface area contributed by atoms with E-state index in [9.17, 15) is 21.6 Å². The predicted octanol–water partition coefficient (Wildman–Crippen LogP) is 1.29. The van der Waals surface area contributed by atoms with E-state index in [0.717, 1.165) is 11.6 Å². The molecule has 162 valence electrons. The molecule has 2 aromatic carbocycles. The van der Waals surface area contributed by atoms with Crippen LogP contribution < -0.4 is 18.5 Å². The fourth-order valence-electron chi connectivity index (χ4n) is 3.18. The molecule has 1 aliphatic rings. The van der Waals surface area contributed by atoms with Crippen molar-refractivity contribution in [1.29, 1.82) is 0 Å². The van der Waals surface area contributed by atoms with Crippen molar-refractivity contribution in [3.05, 3.63) is 48.0 Å². The molecule has 0 bridgehead atoms. The number of benzene rings is 2. The third-order valence-corrected chi connectivity index (χ3v) is 7.80. The zero-order valence-electron chi connectivity index (χ0n) is 16.5. The van der Waals surface area contributed by atoms with Crippen LogP contribution in [0.5, 0.6) is 11.5 Å². The van der Waals surface area contributed by atoms with Gasteiger partial charge in [0.1, 0.15) is 16.4 Å². The van der Waals surface area contributed by atoms with E-state index in [1.54, 1.807) is 6.07 Å². The number of carbonyl (C=O) groups is 1. The van der Waals surface area contributed by atoms with E-state index >= 15 is 0 Å². The maximum Gasteiger partial charge on any atom is 0.244 e. The number of hydrogen-bond donors (Lipinski definition) is 1. The molecular weight excluding hydrogens is 432 g/mol. The van der Waals surface area contributed by atoms with Crippen LogP contribution in [-0.4, -0.2) is 49.3 Å². The first-order valence-electron chi connectivity index (χ1n) is 9.05. The van der Waals surface area contributed by atoms with Gasteiger partial charge in [0.25, 0.3) is 0 Å². The standard InChI is InChI=1S/C19H22N2O7S2/c1-27-16-6-4-3-5-14(16)9-11-20-30(25,26)18-13-15(7-8-17(18)28-2)21-19(22)10-12-29(21,23)24/h3-8,13,20H,9-12H2,1-2H3. The number of nitrogens with zero attached hydrogens (tertiary/aromatic N) is 1. The lowest BCUT2D eigenvalue weighted by molar-refractivity contribution is -0.116. The fourth-order valence-corrected chi connectivity index (χ4v) is 5.85. The Morgan fingerprint density at radius 2 is 1.77 bits per heavy atom. The van der Waals surface area contributed by atoms with Gasteiger partial charge < -0.3 is 9.47 Å². The summed E-state index contributed by atoms with van der Waals surface area (Å²) in [6, 6.07) is 11.1. The fraction of sp³-hybridized carbons (Fsp3) is 0.316. The van der Waals surface area contributed by atoms with Crippen molar-refractivity contribution in [2.75, 3.05) is 30.8 Å². The number of amides is 1. The minimum absolute atomic E-state index is 0.0348. The molecule has 9 nitrogen and oxygen atoms in total. The number of hydrogen-bond acceptors (Lipinski definition) is 7. The summed E-state index contributed by atoms with van der Waals surface area (Å²) < 4.78 is 63.7. The monoisotopic (exact) mass is 454 g/mol. The number of anilines is 1. The van der Waals surface area contributed by atoms with Gasteiger partial charge in [-0.25, -0.2) is 25.9 Å². The third-order valence-electron chi connectivity index (χ3n) is 4.63. The summed E-state index contributed by atoms with van der Waals surface area (Å²) in [4.78, 5) is 11.8. The molecule has 1 aliphatic heterocycles. The molecule has 0 atom stereocenters. The largest absolute Gasteiger partial charge is 0.496 e. The van der Waals surface area contributed by atoms with Gasteiger partial charge in [-0.05, 0) is 36.2 Å². The van der Waals surface area contributed by atoms with Gasteiger partial charge in [0.2, 0.25) is 26.0 Å². The van der Waals surface area contributed by atoms with Crippen molar-refractivity contribution >= 4 is 31.6 Å². The Balaban J connectivity index is 1.86. The molecule has 0 radical (unpaired) electrons. The Labute approximate surface area is 175 Å². The van der Waals surface area contributed by atoms with Crippen LogP contribution in [0.4, 0.5) is 5.69 Å². The molecule has 2 aromatic rings. The van der Waals surface area contributed by atoms with Crippen molar-refractivity contribution in [2.24, 2.45) is 0 Å². The first kappa shape index (κ1) is 22.1. The normalized spacial score (nSPS) is 15.9. The number of rotatable bonds is 8. The first-order chi connectivity index (χ1) is 14.2. The molecule has 3 rings (SSSR count). The topological polar surface area (TPSA) is 119 Å². The number of nitrogens with one attached hydrogen (secondary N) is 1. The van der Waals surface area contributed by atoms with Gasteiger partial charge in [0.15, 0.2) is 0 Å². The van der Waals surface area contributed by atoms with Crippen LogP contribution in [-0.2, 0) is 31.3 Å². The molecule has 1 heterocycles. The summed E-state index contributed by atoms with van der Waals surface area (Å²) in [6.07, 6.45) is 0.234. The number of sulfonamides is 2. The Morgan fingerprint density at radius 1 is 1.07 bits per heavy atom. The van der Waals surface area contributed by atoms with Crippen molar-refractivity contribution in [1.82, 2.24) is 4.72 Å². The molecule has 0 saturated carbocycles. The summed E-state index contributed by atoms with van der Waals surface area (Å²) in [6.45, 7) is 0.0804. The second-order valence-electron chi connectivity index (χ2n) is 6.52. The molecule has 1 fully saturated rings. The lowest BCUT2D eigenvalue weighted by Crippen LogP contribution is -2.30. The Hall–Kier alpha value is -2.63. The minimum Gasteiger partial charge on any atom is -0.496 e. The van der Waals surface area contributed by atoms with Gasteiger partial charge in [-0.2, -0.15) is 0 Å². The predicted molar refractivity (Wildman–Crippen MR) is 111 cm³/mol. The molecule has 11 heteroatoms. The minimum atomic E-state index is -4.05. The number of methoxy groups -OCH3 is 2.